The Morgan fingerprint density at radius 3 is 2.43 bits per heavy atom. The van der Waals surface area contributed by atoms with E-state index in [1.807, 2.05) is 6.07 Å². The van der Waals surface area contributed by atoms with Crippen molar-refractivity contribution in [3.63, 3.8) is 0 Å². The minimum Gasteiger partial charge on any atom is -0.388 e. The lowest BCUT2D eigenvalue weighted by atomic mass is 9.99. The van der Waals surface area contributed by atoms with Crippen molar-refractivity contribution >= 4 is 23.2 Å². The van der Waals surface area contributed by atoms with Gasteiger partial charge in [-0.2, -0.15) is 0 Å². The van der Waals surface area contributed by atoms with Crippen LogP contribution < -0.4 is 10.6 Å². The number of fused-ring (bicyclic) bond motifs is 2. The monoisotopic (exact) mass is 286 g/mol. The van der Waals surface area contributed by atoms with E-state index in [0.717, 1.165) is 5.56 Å². The highest BCUT2D eigenvalue weighted by Crippen LogP contribution is 2.62. The average molecular weight is 286 g/mol. The number of aliphatic hydroxyl groups excluding tert-OH is 1. The topological polar surface area (TPSA) is 78.4 Å². The normalized spacial score (nSPS) is 31.6. The smallest absolute Gasteiger partial charge is 0.233 e. The fourth-order valence-corrected chi connectivity index (χ4v) is 4.06. The van der Waals surface area contributed by atoms with E-state index in [0.29, 0.717) is 29.1 Å². The third kappa shape index (κ3) is 2.12. The van der Waals surface area contributed by atoms with Crippen LogP contribution in [-0.4, -0.2) is 16.9 Å². The molecular weight excluding hydrogens is 268 g/mol. The first-order valence-electron chi connectivity index (χ1n) is 7.55. The number of benzene rings is 1. The van der Waals surface area contributed by atoms with Gasteiger partial charge in [0.15, 0.2) is 0 Å². The molecule has 3 N–H and O–H groups in total. The molecule has 5 heteroatoms. The molecule has 0 aromatic heterocycles. The Labute approximate surface area is 122 Å². The van der Waals surface area contributed by atoms with Gasteiger partial charge in [0, 0.05) is 0 Å². The number of carbonyl (C=O) groups is 2. The Kier molecular flexibility index (Phi) is 2.79. The molecule has 2 saturated carbocycles. The zero-order valence-corrected chi connectivity index (χ0v) is 11.6. The fourth-order valence-electron chi connectivity index (χ4n) is 4.06. The largest absolute Gasteiger partial charge is 0.388 e. The van der Waals surface area contributed by atoms with E-state index < -0.39 is 6.10 Å². The molecule has 0 saturated heterocycles. The molecule has 1 heterocycles. The molecule has 3 aliphatic rings. The van der Waals surface area contributed by atoms with Crippen molar-refractivity contribution in [3.8, 4) is 0 Å². The molecule has 110 valence electrons. The number of carbonyl (C=O) groups excluding carboxylic acids is 2. The van der Waals surface area contributed by atoms with Crippen LogP contribution in [0, 0.1) is 17.8 Å². The summed E-state index contributed by atoms with van der Waals surface area (Å²) in [5.74, 6) is 1.09. The number of hydrogen-bond acceptors (Lipinski definition) is 3. The van der Waals surface area contributed by atoms with E-state index in [4.69, 9.17) is 0 Å². The lowest BCUT2D eigenvalue weighted by Crippen LogP contribution is -2.16. The number of rotatable bonds is 2. The lowest BCUT2D eigenvalue weighted by molar-refractivity contribution is -0.123. The Morgan fingerprint density at radius 1 is 1.05 bits per heavy atom. The molecule has 2 fully saturated rings. The molecule has 0 bridgehead atoms. The molecule has 0 radical (unpaired) electrons. The van der Waals surface area contributed by atoms with Gasteiger partial charge < -0.3 is 15.7 Å². The summed E-state index contributed by atoms with van der Waals surface area (Å²) in [7, 11) is 0. The maximum Gasteiger partial charge on any atom is 0.233 e. The van der Waals surface area contributed by atoms with Gasteiger partial charge in [-0.3, -0.25) is 9.59 Å². The van der Waals surface area contributed by atoms with Crippen LogP contribution in [0.2, 0.25) is 0 Å². The van der Waals surface area contributed by atoms with Crippen LogP contribution in [0.5, 0.6) is 0 Å². The van der Waals surface area contributed by atoms with Crippen molar-refractivity contribution in [2.75, 3.05) is 10.6 Å². The average Bonchev–Trinajstić information content (AvgIpc) is 2.97. The van der Waals surface area contributed by atoms with Gasteiger partial charge in [-0.05, 0) is 48.3 Å². The molecule has 3 atom stereocenters. The second-order valence-corrected chi connectivity index (χ2v) is 6.36. The molecule has 1 aliphatic heterocycles. The number of nitrogens with one attached hydrogen (secondary N) is 2. The van der Waals surface area contributed by atoms with Gasteiger partial charge in [0.25, 0.3) is 0 Å². The molecule has 0 spiro atoms. The molecular formula is C16H18N2O3. The van der Waals surface area contributed by atoms with Crippen molar-refractivity contribution in [1.82, 2.24) is 0 Å². The third-order valence-corrected chi connectivity index (χ3v) is 5.09. The summed E-state index contributed by atoms with van der Waals surface area (Å²) in [6, 6.07) is 5.39. The minimum atomic E-state index is -0.471. The minimum absolute atomic E-state index is 0.167. The summed E-state index contributed by atoms with van der Waals surface area (Å²) in [5, 5.41) is 16.0. The quantitative estimate of drug-likeness (QED) is 0.728. The van der Waals surface area contributed by atoms with E-state index in [9.17, 15) is 14.7 Å². The van der Waals surface area contributed by atoms with Crippen LogP contribution >= 0.6 is 0 Å². The van der Waals surface area contributed by atoms with Crippen molar-refractivity contribution in [3.05, 3.63) is 23.8 Å². The van der Waals surface area contributed by atoms with E-state index in [2.05, 4.69) is 10.6 Å². The molecule has 21 heavy (non-hydrogen) atoms. The highest BCUT2D eigenvalue weighted by Gasteiger charge is 2.55. The molecule has 2 aliphatic carbocycles. The Morgan fingerprint density at radius 2 is 1.71 bits per heavy atom. The van der Waals surface area contributed by atoms with Crippen molar-refractivity contribution in [1.29, 1.82) is 0 Å². The van der Waals surface area contributed by atoms with Crippen LogP contribution in [0.15, 0.2) is 18.2 Å². The number of aliphatic hydroxyl groups is 1. The molecule has 5 nitrogen and oxygen atoms in total. The van der Waals surface area contributed by atoms with Crippen LogP contribution in [0.1, 0.15) is 37.4 Å². The maximum absolute atomic E-state index is 11.6. The first-order valence-corrected chi connectivity index (χ1v) is 7.55. The third-order valence-electron chi connectivity index (χ3n) is 5.09. The number of anilines is 2. The zero-order chi connectivity index (χ0) is 14.6. The van der Waals surface area contributed by atoms with Gasteiger partial charge in [0.2, 0.25) is 11.8 Å². The summed E-state index contributed by atoms with van der Waals surface area (Å²) in [6.07, 6.45) is 3.10. The van der Waals surface area contributed by atoms with Crippen LogP contribution in [0.4, 0.5) is 11.4 Å². The van der Waals surface area contributed by atoms with E-state index in [-0.39, 0.29) is 18.2 Å². The standard InChI is InChI=1S/C16H18N2O3/c19-13-7-14(20)18-12-6-8(4-5-11(12)17-13)16(21)15-9-2-1-3-10(9)15/h4-6,9-10,15-16,21H,1-3,7H2,(H,17,19)(H,18,20). The Bertz CT molecular complexity index is 618. The first-order chi connectivity index (χ1) is 10.1. The summed E-state index contributed by atoms with van der Waals surface area (Å²) in [4.78, 5) is 23.1. The lowest BCUT2D eigenvalue weighted by Gasteiger charge is -2.16. The Hall–Kier alpha value is -1.88. The van der Waals surface area contributed by atoms with Crippen molar-refractivity contribution in [2.24, 2.45) is 17.8 Å². The molecule has 3 unspecified atom stereocenters. The van der Waals surface area contributed by atoms with E-state index in [1.54, 1.807) is 12.1 Å². The van der Waals surface area contributed by atoms with Gasteiger partial charge in [-0.25, -0.2) is 0 Å². The summed E-state index contributed by atoms with van der Waals surface area (Å²) in [5.41, 5.74) is 2.00. The number of hydrogen-bond donors (Lipinski definition) is 3. The molecule has 2 amide bonds. The molecule has 1 aromatic carbocycles. The predicted octanol–water partition coefficient (Wildman–Crippen LogP) is 2.05. The highest BCUT2D eigenvalue weighted by molar-refractivity contribution is 6.13. The number of amides is 2. The summed E-state index contributed by atoms with van der Waals surface area (Å²) < 4.78 is 0. The maximum atomic E-state index is 11.6. The van der Waals surface area contributed by atoms with E-state index in [1.165, 1.54) is 19.3 Å². The predicted molar refractivity (Wildman–Crippen MR) is 77.6 cm³/mol. The molecule has 1 aromatic rings. The second-order valence-electron chi connectivity index (χ2n) is 6.36. The highest BCUT2D eigenvalue weighted by atomic mass is 16.3. The van der Waals surface area contributed by atoms with Crippen molar-refractivity contribution in [2.45, 2.75) is 31.8 Å². The molecule has 4 rings (SSSR count). The zero-order valence-electron chi connectivity index (χ0n) is 11.6. The SMILES string of the molecule is O=C1CC(=O)Nc2cc(C(O)C3C4CCCC43)ccc2N1. The fraction of sp³-hybridized carbons (Fsp3) is 0.500. The van der Waals surface area contributed by atoms with E-state index >= 15 is 0 Å². The van der Waals surface area contributed by atoms with Crippen molar-refractivity contribution < 1.29 is 14.7 Å². The van der Waals surface area contributed by atoms with Crippen LogP contribution in [0.3, 0.4) is 0 Å². The summed E-state index contributed by atoms with van der Waals surface area (Å²) in [6.45, 7) is 0. The second kappa shape index (κ2) is 4.56. The Balaban J connectivity index is 1.60. The van der Waals surface area contributed by atoms with Crippen LogP contribution in [0.25, 0.3) is 0 Å². The van der Waals surface area contributed by atoms with Gasteiger partial charge in [-0.15, -0.1) is 0 Å². The van der Waals surface area contributed by atoms with Gasteiger partial charge in [0.05, 0.1) is 17.5 Å². The summed E-state index contributed by atoms with van der Waals surface area (Å²) >= 11 is 0. The van der Waals surface area contributed by atoms with Gasteiger partial charge >= 0.3 is 0 Å². The van der Waals surface area contributed by atoms with Crippen LogP contribution in [-0.2, 0) is 9.59 Å². The van der Waals surface area contributed by atoms with Gasteiger partial charge in [-0.1, -0.05) is 12.5 Å². The van der Waals surface area contributed by atoms with Gasteiger partial charge in [0.1, 0.15) is 6.42 Å². The first kappa shape index (κ1) is 12.8.